The minimum atomic E-state index is 0.645. The minimum Gasteiger partial charge on any atom is -0.424 e. The molecule has 6 nitrogen and oxygen atoms in total. The van der Waals surface area contributed by atoms with Crippen LogP contribution in [0.2, 0.25) is 0 Å². The largest absolute Gasteiger partial charge is 0.424 e. The lowest BCUT2D eigenvalue weighted by atomic mass is 9.97. The topological polar surface area (TPSA) is 68.2 Å². The molecule has 3 heterocycles. The van der Waals surface area contributed by atoms with E-state index in [0.29, 0.717) is 18.3 Å². The average Bonchev–Trinajstić information content (AvgIpc) is 3.34. The van der Waals surface area contributed by atoms with Gasteiger partial charge in [-0.2, -0.15) is 0 Å². The Bertz CT molecular complexity index is 1090. The fraction of sp³-hybridized carbons (Fsp3) is 0.286. The quantitative estimate of drug-likeness (QED) is 0.548. The SMILES string of the molecule is CCc1nnc(CN2CCc3onc(-c4cccc5ccccc45)c3C2)o1. The van der Waals surface area contributed by atoms with Gasteiger partial charge in [0.15, 0.2) is 0 Å². The normalized spacial score (nSPS) is 14.6. The maximum absolute atomic E-state index is 5.68. The van der Waals surface area contributed by atoms with E-state index in [1.807, 2.05) is 6.92 Å². The molecule has 6 heteroatoms. The Kier molecular flexibility index (Phi) is 3.98. The van der Waals surface area contributed by atoms with Gasteiger partial charge in [0.25, 0.3) is 0 Å². The number of fused-ring (bicyclic) bond motifs is 2. The number of benzene rings is 2. The van der Waals surface area contributed by atoms with Crippen molar-refractivity contribution in [1.29, 1.82) is 0 Å². The smallest absolute Gasteiger partial charge is 0.230 e. The summed E-state index contributed by atoms with van der Waals surface area (Å²) in [6.07, 6.45) is 1.59. The molecule has 2 aromatic heterocycles. The van der Waals surface area contributed by atoms with Crippen LogP contribution >= 0.6 is 0 Å². The molecule has 5 rings (SSSR count). The summed E-state index contributed by atoms with van der Waals surface area (Å²) in [6.45, 7) is 4.31. The van der Waals surface area contributed by atoms with Crippen molar-refractivity contribution in [1.82, 2.24) is 20.3 Å². The molecule has 0 bridgehead atoms. The first-order valence-electron chi connectivity index (χ1n) is 9.31. The highest BCUT2D eigenvalue weighted by Gasteiger charge is 2.26. The molecule has 0 unspecified atom stereocenters. The van der Waals surface area contributed by atoms with E-state index in [0.717, 1.165) is 48.5 Å². The van der Waals surface area contributed by atoms with Crippen molar-refractivity contribution in [2.24, 2.45) is 0 Å². The van der Waals surface area contributed by atoms with Gasteiger partial charge in [-0.15, -0.1) is 10.2 Å². The molecule has 0 saturated heterocycles. The summed E-state index contributed by atoms with van der Waals surface area (Å²) in [6, 6.07) is 14.7. The molecule has 4 aromatic rings. The van der Waals surface area contributed by atoms with Crippen molar-refractivity contribution in [3.05, 3.63) is 65.6 Å². The summed E-state index contributed by atoms with van der Waals surface area (Å²) in [5, 5.41) is 15.0. The molecular formula is C21H20N4O2. The van der Waals surface area contributed by atoms with Gasteiger partial charge in [-0.25, -0.2) is 0 Å². The summed E-state index contributed by atoms with van der Waals surface area (Å²) in [5.41, 5.74) is 3.21. The van der Waals surface area contributed by atoms with E-state index in [4.69, 9.17) is 8.94 Å². The van der Waals surface area contributed by atoms with E-state index in [-0.39, 0.29) is 0 Å². The molecule has 0 spiro atoms. The van der Waals surface area contributed by atoms with Crippen molar-refractivity contribution >= 4 is 10.8 Å². The first-order valence-corrected chi connectivity index (χ1v) is 9.31. The molecule has 136 valence electrons. The molecule has 0 atom stereocenters. The van der Waals surface area contributed by atoms with Crippen molar-refractivity contribution in [3.63, 3.8) is 0 Å². The number of hydrogen-bond acceptors (Lipinski definition) is 6. The molecule has 0 aliphatic carbocycles. The number of aromatic nitrogens is 3. The Morgan fingerprint density at radius 1 is 1.04 bits per heavy atom. The van der Waals surface area contributed by atoms with Crippen molar-refractivity contribution < 1.29 is 8.94 Å². The highest BCUT2D eigenvalue weighted by Crippen LogP contribution is 2.34. The first kappa shape index (κ1) is 16.2. The van der Waals surface area contributed by atoms with E-state index >= 15 is 0 Å². The molecule has 0 fully saturated rings. The van der Waals surface area contributed by atoms with Crippen LogP contribution < -0.4 is 0 Å². The molecule has 0 N–H and O–H groups in total. The number of aryl methyl sites for hydroxylation is 1. The van der Waals surface area contributed by atoms with E-state index in [9.17, 15) is 0 Å². The second kappa shape index (κ2) is 6.63. The summed E-state index contributed by atoms with van der Waals surface area (Å²) >= 11 is 0. The monoisotopic (exact) mass is 360 g/mol. The summed E-state index contributed by atoms with van der Waals surface area (Å²) in [7, 11) is 0. The van der Waals surface area contributed by atoms with Crippen LogP contribution in [0.4, 0.5) is 0 Å². The van der Waals surface area contributed by atoms with Crippen LogP contribution in [0.3, 0.4) is 0 Å². The zero-order valence-corrected chi connectivity index (χ0v) is 15.2. The standard InChI is InChI=1S/C21H20N4O2/c1-2-19-22-23-20(26-19)13-25-11-10-18-17(12-25)21(24-27-18)16-9-5-7-14-6-3-4-8-15(14)16/h3-9H,2,10-13H2,1H3. The highest BCUT2D eigenvalue weighted by atomic mass is 16.5. The van der Waals surface area contributed by atoms with Crippen LogP contribution in [0.1, 0.15) is 30.0 Å². The second-order valence-corrected chi connectivity index (χ2v) is 6.86. The minimum absolute atomic E-state index is 0.645. The second-order valence-electron chi connectivity index (χ2n) is 6.86. The van der Waals surface area contributed by atoms with Crippen LogP contribution in [0.15, 0.2) is 51.4 Å². The third-order valence-electron chi connectivity index (χ3n) is 5.12. The van der Waals surface area contributed by atoms with Crippen molar-refractivity contribution in [2.45, 2.75) is 32.9 Å². The van der Waals surface area contributed by atoms with Gasteiger partial charge < -0.3 is 8.94 Å². The maximum Gasteiger partial charge on any atom is 0.230 e. The first-order chi connectivity index (χ1) is 13.3. The van der Waals surface area contributed by atoms with Crippen LogP contribution in [-0.4, -0.2) is 26.8 Å². The zero-order valence-electron chi connectivity index (χ0n) is 15.2. The predicted octanol–water partition coefficient (Wildman–Crippen LogP) is 4.00. The molecule has 1 aliphatic heterocycles. The van der Waals surface area contributed by atoms with E-state index < -0.39 is 0 Å². The van der Waals surface area contributed by atoms with Gasteiger partial charge in [0.2, 0.25) is 11.8 Å². The molecule has 1 aliphatic rings. The van der Waals surface area contributed by atoms with Gasteiger partial charge in [-0.05, 0) is 10.8 Å². The zero-order chi connectivity index (χ0) is 18.2. The van der Waals surface area contributed by atoms with E-state index in [1.54, 1.807) is 0 Å². The average molecular weight is 360 g/mol. The maximum atomic E-state index is 5.68. The van der Waals surface area contributed by atoms with Gasteiger partial charge in [-0.3, -0.25) is 4.90 Å². The van der Waals surface area contributed by atoms with Crippen molar-refractivity contribution in [3.8, 4) is 11.3 Å². The predicted molar refractivity (Wildman–Crippen MR) is 101 cm³/mol. The van der Waals surface area contributed by atoms with Gasteiger partial charge in [0.05, 0.1) is 6.54 Å². The van der Waals surface area contributed by atoms with E-state index in [2.05, 4.69) is 62.7 Å². The fourth-order valence-corrected chi connectivity index (χ4v) is 3.73. The van der Waals surface area contributed by atoms with Crippen LogP contribution in [0, 0.1) is 0 Å². The fourth-order valence-electron chi connectivity index (χ4n) is 3.73. The molecule has 27 heavy (non-hydrogen) atoms. The van der Waals surface area contributed by atoms with E-state index in [1.165, 1.54) is 10.8 Å². The number of nitrogens with zero attached hydrogens (tertiary/aromatic N) is 4. The van der Waals surface area contributed by atoms with Crippen LogP contribution in [-0.2, 0) is 25.9 Å². The summed E-state index contributed by atoms with van der Waals surface area (Å²) in [5.74, 6) is 2.33. The van der Waals surface area contributed by atoms with Gasteiger partial charge in [-0.1, -0.05) is 54.5 Å². The number of rotatable bonds is 4. The van der Waals surface area contributed by atoms with Gasteiger partial charge in [0.1, 0.15) is 11.5 Å². The molecule has 2 aromatic carbocycles. The Labute approximate surface area is 156 Å². The van der Waals surface area contributed by atoms with Crippen LogP contribution in [0.25, 0.3) is 22.0 Å². The Morgan fingerprint density at radius 3 is 2.78 bits per heavy atom. The van der Waals surface area contributed by atoms with Crippen molar-refractivity contribution in [2.75, 3.05) is 6.54 Å². The molecule has 0 radical (unpaired) electrons. The van der Waals surface area contributed by atoms with Crippen LogP contribution in [0.5, 0.6) is 0 Å². The summed E-state index contributed by atoms with van der Waals surface area (Å²) < 4.78 is 11.4. The van der Waals surface area contributed by atoms with Gasteiger partial charge >= 0.3 is 0 Å². The summed E-state index contributed by atoms with van der Waals surface area (Å²) in [4.78, 5) is 2.31. The number of hydrogen-bond donors (Lipinski definition) is 0. The third kappa shape index (κ3) is 2.92. The lowest BCUT2D eigenvalue weighted by Crippen LogP contribution is -2.29. The highest BCUT2D eigenvalue weighted by molar-refractivity contribution is 5.96. The lowest BCUT2D eigenvalue weighted by molar-refractivity contribution is 0.207. The molecule has 0 saturated carbocycles. The Morgan fingerprint density at radius 2 is 1.89 bits per heavy atom. The molecule has 0 amide bonds. The Balaban J connectivity index is 1.47. The molecular weight excluding hydrogens is 340 g/mol. The third-order valence-corrected chi connectivity index (χ3v) is 5.12. The van der Waals surface area contributed by atoms with Gasteiger partial charge in [0, 0.05) is 37.1 Å². The Hall–Kier alpha value is -2.99. The lowest BCUT2D eigenvalue weighted by Gasteiger charge is -2.24.